The van der Waals surface area contributed by atoms with Crippen molar-refractivity contribution in [1.82, 2.24) is 9.88 Å². The molecule has 0 fully saturated rings. The van der Waals surface area contributed by atoms with E-state index in [1.165, 1.54) is 0 Å². The van der Waals surface area contributed by atoms with Gasteiger partial charge in [-0.3, -0.25) is 4.90 Å². The minimum atomic E-state index is -0.663. The minimum absolute atomic E-state index is 0.0347. The molecule has 4 rings (SSSR count). The third-order valence-corrected chi connectivity index (χ3v) is 10.1. The summed E-state index contributed by atoms with van der Waals surface area (Å²) in [7, 11) is 1.80. The molecule has 1 aliphatic carbocycles. The second-order valence-electron chi connectivity index (χ2n) is 11.8. The van der Waals surface area contributed by atoms with E-state index in [2.05, 4.69) is 39.7 Å². The Morgan fingerprint density at radius 3 is 2.38 bits per heavy atom. The first kappa shape index (κ1) is 31.1. The number of likely N-dealkylation sites (N-methyl/N-ethyl adjacent to an activating group) is 1. The van der Waals surface area contributed by atoms with Gasteiger partial charge >= 0.3 is 12.2 Å². The maximum atomic E-state index is 13.5. The third kappa shape index (κ3) is 7.30. The van der Waals surface area contributed by atoms with E-state index in [1.54, 1.807) is 45.6 Å². The average Bonchev–Trinajstić information content (AvgIpc) is 3.47. The predicted octanol–water partition coefficient (Wildman–Crippen LogP) is 9.23. The zero-order valence-electron chi connectivity index (χ0n) is 23.8. The summed E-state index contributed by atoms with van der Waals surface area (Å²) in [5.41, 5.74) is 0.163. The van der Waals surface area contributed by atoms with Crippen LogP contribution in [0.3, 0.4) is 0 Å². The summed E-state index contributed by atoms with van der Waals surface area (Å²) < 4.78 is 13.3. The molecule has 3 aromatic heterocycles. The van der Waals surface area contributed by atoms with Gasteiger partial charge in [0.15, 0.2) is 0 Å². The number of carbonyl (C=O) groups excluding carboxylic acids is 2. The average molecular weight is 716 g/mol. The van der Waals surface area contributed by atoms with Crippen LogP contribution in [0.25, 0.3) is 10.2 Å². The summed E-state index contributed by atoms with van der Waals surface area (Å²) in [5, 5.41) is 2.29. The summed E-state index contributed by atoms with van der Waals surface area (Å²) in [6.07, 6.45) is 4.98. The zero-order valence-corrected chi connectivity index (χ0v) is 28.3. The van der Waals surface area contributed by atoms with Crippen LogP contribution >= 0.6 is 56.9 Å². The Morgan fingerprint density at radius 2 is 1.75 bits per heavy atom. The molecule has 11 heteroatoms. The van der Waals surface area contributed by atoms with Gasteiger partial charge in [0.05, 0.1) is 26.0 Å². The van der Waals surface area contributed by atoms with Gasteiger partial charge in [0.1, 0.15) is 16.4 Å². The maximum absolute atomic E-state index is 13.5. The highest BCUT2D eigenvalue weighted by Gasteiger charge is 2.36. The number of hydrogen-bond donors (Lipinski definition) is 0. The molecule has 7 nitrogen and oxygen atoms in total. The maximum Gasteiger partial charge on any atom is 0.415 e. The number of allylic oxidation sites excluding steroid dienone is 1. The molecule has 3 heterocycles. The molecular weight excluding hydrogens is 681 g/mol. The molecule has 0 N–H and O–H groups in total. The lowest BCUT2D eigenvalue weighted by Crippen LogP contribution is -2.44. The van der Waals surface area contributed by atoms with Crippen molar-refractivity contribution in [1.29, 1.82) is 0 Å². The fraction of sp³-hybridized carbons (Fsp3) is 0.483. The van der Waals surface area contributed by atoms with Crippen molar-refractivity contribution in [2.75, 3.05) is 11.9 Å². The SMILES string of the molecule is CN(C(=O)OC(C)(C)C)C1CC=CC[C@@H]1c1sc2c(N(Cc3cccs3)C(=O)OC(C)(C)C)cc(Cl)nc2c1I. The molecule has 0 bridgehead atoms. The lowest BCUT2D eigenvalue weighted by Gasteiger charge is -2.36. The fourth-order valence-electron chi connectivity index (χ4n) is 4.55. The van der Waals surface area contributed by atoms with Crippen LogP contribution in [0.15, 0.2) is 35.7 Å². The van der Waals surface area contributed by atoms with Crippen molar-refractivity contribution in [3.8, 4) is 0 Å². The van der Waals surface area contributed by atoms with Crippen LogP contribution in [0.1, 0.15) is 70.1 Å². The van der Waals surface area contributed by atoms with Gasteiger partial charge in [-0.25, -0.2) is 14.6 Å². The van der Waals surface area contributed by atoms with Gasteiger partial charge in [-0.1, -0.05) is 29.8 Å². The van der Waals surface area contributed by atoms with E-state index in [-0.39, 0.29) is 18.1 Å². The Morgan fingerprint density at radius 1 is 1.10 bits per heavy atom. The van der Waals surface area contributed by atoms with Crippen molar-refractivity contribution >= 4 is 85.0 Å². The Labute approximate surface area is 262 Å². The number of thiophene rings is 2. The number of carbonyl (C=O) groups is 2. The smallest absolute Gasteiger partial charge is 0.415 e. The fourth-order valence-corrected chi connectivity index (χ4v) is 8.06. The Bertz CT molecular complexity index is 1410. The van der Waals surface area contributed by atoms with Crippen molar-refractivity contribution < 1.29 is 19.1 Å². The number of nitrogens with zero attached hydrogens (tertiary/aromatic N) is 3. The predicted molar refractivity (Wildman–Crippen MR) is 173 cm³/mol. The molecule has 216 valence electrons. The van der Waals surface area contributed by atoms with Crippen molar-refractivity contribution in [3.05, 3.63) is 54.2 Å². The van der Waals surface area contributed by atoms with Gasteiger partial charge in [-0.05, 0) is 88.4 Å². The molecular formula is C29H35ClIN3O4S2. The summed E-state index contributed by atoms with van der Waals surface area (Å²) >= 11 is 12.1. The van der Waals surface area contributed by atoms with Crippen LogP contribution in [0.5, 0.6) is 0 Å². The van der Waals surface area contributed by atoms with E-state index < -0.39 is 17.3 Å². The number of hydrogen-bond acceptors (Lipinski definition) is 7. The van der Waals surface area contributed by atoms with Crippen LogP contribution in [0.4, 0.5) is 15.3 Å². The molecule has 2 amide bonds. The molecule has 1 aliphatic rings. The van der Waals surface area contributed by atoms with Crippen molar-refractivity contribution in [2.45, 2.75) is 84.1 Å². The van der Waals surface area contributed by atoms with Gasteiger partial charge in [-0.15, -0.1) is 22.7 Å². The first-order valence-corrected chi connectivity index (χ1v) is 16.2. The molecule has 0 radical (unpaired) electrons. The van der Waals surface area contributed by atoms with E-state index in [1.807, 2.05) is 59.1 Å². The third-order valence-electron chi connectivity index (χ3n) is 6.27. The zero-order chi connectivity index (χ0) is 29.4. The Hall–Kier alpha value is -1.89. The highest BCUT2D eigenvalue weighted by Crippen LogP contribution is 2.46. The number of fused-ring (bicyclic) bond motifs is 1. The van der Waals surface area contributed by atoms with Gasteiger partial charge in [-0.2, -0.15) is 0 Å². The lowest BCUT2D eigenvalue weighted by molar-refractivity contribution is 0.0196. The number of halogens is 2. The summed E-state index contributed by atoms with van der Waals surface area (Å²) in [4.78, 5) is 36.7. The van der Waals surface area contributed by atoms with Crippen LogP contribution in [0.2, 0.25) is 5.15 Å². The number of pyridine rings is 1. The Balaban J connectivity index is 1.79. The second kappa shape index (κ2) is 12.1. The largest absolute Gasteiger partial charge is 0.444 e. The molecule has 40 heavy (non-hydrogen) atoms. The quantitative estimate of drug-likeness (QED) is 0.150. The van der Waals surface area contributed by atoms with Gasteiger partial charge in [0.2, 0.25) is 0 Å². The first-order valence-electron chi connectivity index (χ1n) is 13.1. The van der Waals surface area contributed by atoms with Crippen molar-refractivity contribution in [2.24, 2.45) is 0 Å². The summed E-state index contributed by atoms with van der Waals surface area (Å²) in [6.45, 7) is 11.5. The molecule has 0 saturated carbocycles. The molecule has 0 aliphatic heterocycles. The van der Waals surface area contributed by atoms with E-state index in [0.29, 0.717) is 23.8 Å². The number of anilines is 1. The van der Waals surface area contributed by atoms with Crippen LogP contribution in [0, 0.1) is 3.57 Å². The Kier molecular flexibility index (Phi) is 9.43. The molecule has 0 saturated heterocycles. The topological polar surface area (TPSA) is 72.0 Å². The lowest BCUT2D eigenvalue weighted by atomic mass is 9.87. The van der Waals surface area contributed by atoms with E-state index in [9.17, 15) is 9.59 Å². The van der Waals surface area contributed by atoms with Crippen LogP contribution < -0.4 is 4.90 Å². The summed E-state index contributed by atoms with van der Waals surface area (Å²) in [5.74, 6) is 0.0347. The van der Waals surface area contributed by atoms with Gasteiger partial charge < -0.3 is 14.4 Å². The minimum Gasteiger partial charge on any atom is -0.444 e. The molecule has 1 unspecified atom stereocenters. The second-order valence-corrected chi connectivity index (χ2v) is 15.3. The van der Waals surface area contributed by atoms with E-state index >= 15 is 0 Å². The first-order chi connectivity index (χ1) is 18.6. The van der Waals surface area contributed by atoms with E-state index in [0.717, 1.165) is 30.0 Å². The highest BCUT2D eigenvalue weighted by atomic mass is 127. The summed E-state index contributed by atoms with van der Waals surface area (Å²) in [6, 6.07) is 5.61. The van der Waals surface area contributed by atoms with Gasteiger partial charge in [0.25, 0.3) is 0 Å². The van der Waals surface area contributed by atoms with Crippen molar-refractivity contribution in [3.63, 3.8) is 0 Å². The number of rotatable bonds is 5. The molecule has 0 spiro atoms. The normalized spacial score (nSPS) is 17.6. The number of amides is 2. The van der Waals surface area contributed by atoms with Gasteiger partial charge in [0, 0.05) is 34.8 Å². The number of aromatic nitrogens is 1. The molecule has 2 atom stereocenters. The standard InChI is InChI=1S/C29H35ClIN3O4S2/c1-28(2,3)37-26(35)33(7)19-13-9-8-12-18(19)24-22(31)23-25(40-24)20(15-21(30)32-23)34(16-17-11-10-14-39-17)27(36)38-29(4,5)6/h8-11,14-15,18-19H,12-13,16H2,1-7H3/t18-,19?/m0/s1. The molecule has 0 aromatic carbocycles. The van der Waals surface area contributed by atoms with Crippen LogP contribution in [-0.2, 0) is 16.0 Å². The monoisotopic (exact) mass is 715 g/mol. The van der Waals surface area contributed by atoms with E-state index in [4.69, 9.17) is 21.1 Å². The highest BCUT2D eigenvalue weighted by molar-refractivity contribution is 14.1. The number of ether oxygens (including phenoxy) is 2. The van der Waals surface area contributed by atoms with Crippen LogP contribution in [-0.4, -0.2) is 46.4 Å². The molecule has 3 aromatic rings.